The van der Waals surface area contributed by atoms with E-state index in [9.17, 15) is 17.6 Å². The Hall–Kier alpha value is -3.46. The number of aromatic nitrogens is 1. The van der Waals surface area contributed by atoms with E-state index in [0.29, 0.717) is 29.4 Å². The van der Waals surface area contributed by atoms with Gasteiger partial charge in [-0.05, 0) is 61.0 Å². The Bertz CT molecular complexity index is 1100. The van der Waals surface area contributed by atoms with Crippen LogP contribution in [0.5, 0.6) is 11.6 Å². The summed E-state index contributed by atoms with van der Waals surface area (Å²) in [5.41, 5.74) is 0.754. The highest BCUT2D eigenvalue weighted by atomic mass is 32.2. The molecule has 30 heavy (non-hydrogen) atoms. The molecule has 156 valence electrons. The maximum Gasteiger partial charge on any atom is 0.261 e. The predicted octanol–water partition coefficient (Wildman–Crippen LogP) is 3.95. The summed E-state index contributed by atoms with van der Waals surface area (Å²) in [6.45, 7) is 2.56. The third kappa shape index (κ3) is 5.54. The van der Waals surface area contributed by atoms with Crippen molar-refractivity contribution in [2.45, 2.75) is 18.2 Å². The van der Waals surface area contributed by atoms with Gasteiger partial charge >= 0.3 is 0 Å². The minimum absolute atomic E-state index is 0.0449. The van der Waals surface area contributed by atoms with Gasteiger partial charge < -0.3 is 10.1 Å². The second kappa shape index (κ2) is 9.36. The number of benzene rings is 2. The average Bonchev–Trinajstić information content (AvgIpc) is 2.74. The van der Waals surface area contributed by atoms with E-state index in [2.05, 4.69) is 15.0 Å². The summed E-state index contributed by atoms with van der Waals surface area (Å²) in [5.74, 6) is 0.0180. The minimum atomic E-state index is -3.83. The number of rotatable bonds is 8. The normalized spacial score (nSPS) is 11.0. The molecule has 0 aliphatic carbocycles. The molecule has 0 aliphatic rings. The Kier molecular flexibility index (Phi) is 6.63. The van der Waals surface area contributed by atoms with Crippen molar-refractivity contribution in [2.75, 3.05) is 11.3 Å². The predicted molar refractivity (Wildman–Crippen MR) is 111 cm³/mol. The van der Waals surface area contributed by atoms with Crippen molar-refractivity contribution in [3.8, 4) is 11.6 Å². The number of carbonyl (C=O) groups excluding carboxylic acids is 1. The molecule has 0 atom stereocenters. The van der Waals surface area contributed by atoms with Crippen molar-refractivity contribution in [2.24, 2.45) is 0 Å². The molecule has 2 N–H and O–H groups in total. The molecule has 1 aromatic heterocycles. The molecule has 0 aliphatic heterocycles. The van der Waals surface area contributed by atoms with Gasteiger partial charge in [0.2, 0.25) is 5.88 Å². The number of carbonyl (C=O) groups is 1. The van der Waals surface area contributed by atoms with Crippen molar-refractivity contribution in [1.29, 1.82) is 0 Å². The quantitative estimate of drug-likeness (QED) is 0.565. The maximum absolute atomic E-state index is 13.0. The monoisotopic (exact) mass is 429 g/mol. The topological polar surface area (TPSA) is 97.4 Å². The van der Waals surface area contributed by atoms with Crippen LogP contribution >= 0.6 is 0 Å². The van der Waals surface area contributed by atoms with Crippen LogP contribution in [-0.2, 0) is 10.0 Å². The molecule has 0 bridgehead atoms. The van der Waals surface area contributed by atoms with Crippen molar-refractivity contribution in [3.63, 3.8) is 0 Å². The van der Waals surface area contributed by atoms with Crippen LogP contribution in [0.1, 0.15) is 23.7 Å². The molecule has 1 heterocycles. The Morgan fingerprint density at radius 2 is 1.73 bits per heavy atom. The Morgan fingerprint density at radius 3 is 2.33 bits per heavy atom. The first kappa shape index (κ1) is 21.3. The lowest BCUT2D eigenvalue weighted by Crippen LogP contribution is -2.23. The third-order valence-corrected chi connectivity index (χ3v) is 5.38. The lowest BCUT2D eigenvalue weighted by Gasteiger charge is -2.10. The summed E-state index contributed by atoms with van der Waals surface area (Å²) < 4.78 is 45.7. The number of pyridine rings is 1. The fourth-order valence-electron chi connectivity index (χ4n) is 2.46. The van der Waals surface area contributed by atoms with Gasteiger partial charge in [0, 0.05) is 24.5 Å². The highest BCUT2D eigenvalue weighted by Crippen LogP contribution is 2.23. The second-order valence-electron chi connectivity index (χ2n) is 6.33. The number of hydrogen-bond donors (Lipinski definition) is 2. The van der Waals surface area contributed by atoms with Crippen LogP contribution in [0.3, 0.4) is 0 Å². The molecule has 1 amide bonds. The Balaban J connectivity index is 1.63. The van der Waals surface area contributed by atoms with Gasteiger partial charge in [0.15, 0.2) is 0 Å². The number of nitrogens with zero attached hydrogens (tertiary/aromatic N) is 1. The van der Waals surface area contributed by atoms with E-state index in [4.69, 9.17) is 4.74 Å². The Labute approximate surface area is 174 Å². The molecule has 9 heteroatoms. The molecular weight excluding hydrogens is 409 g/mol. The van der Waals surface area contributed by atoms with E-state index in [1.807, 2.05) is 6.92 Å². The first-order valence-electron chi connectivity index (χ1n) is 9.18. The molecular formula is C21H20FN3O4S. The van der Waals surface area contributed by atoms with E-state index < -0.39 is 15.8 Å². The van der Waals surface area contributed by atoms with Gasteiger partial charge in [-0.15, -0.1) is 0 Å². The zero-order valence-electron chi connectivity index (χ0n) is 16.1. The number of halogens is 1. The number of sulfonamides is 1. The van der Waals surface area contributed by atoms with Crippen molar-refractivity contribution >= 4 is 21.6 Å². The molecule has 0 saturated heterocycles. The minimum Gasteiger partial charge on any atom is -0.439 e. The highest BCUT2D eigenvalue weighted by Gasteiger charge is 2.14. The third-order valence-electron chi connectivity index (χ3n) is 3.99. The van der Waals surface area contributed by atoms with E-state index in [0.717, 1.165) is 18.6 Å². The fourth-order valence-corrected chi connectivity index (χ4v) is 3.51. The van der Waals surface area contributed by atoms with Gasteiger partial charge in [-0.2, -0.15) is 0 Å². The summed E-state index contributed by atoms with van der Waals surface area (Å²) in [6.07, 6.45) is 2.27. The van der Waals surface area contributed by atoms with E-state index in [1.165, 1.54) is 30.5 Å². The van der Waals surface area contributed by atoms with Crippen LogP contribution in [0.4, 0.5) is 10.1 Å². The summed E-state index contributed by atoms with van der Waals surface area (Å²) >= 11 is 0. The molecule has 3 aromatic rings. The number of nitrogens with one attached hydrogen (secondary N) is 2. The molecule has 0 saturated carbocycles. The van der Waals surface area contributed by atoms with E-state index in [1.54, 1.807) is 24.3 Å². The number of amides is 1. The van der Waals surface area contributed by atoms with Gasteiger partial charge in [0.05, 0.1) is 10.5 Å². The SMILES string of the molecule is CCCNC(=O)c1ccc(Oc2ccc(NS(=O)(=O)c3ccc(F)cc3)cc2)nc1. The summed E-state index contributed by atoms with van der Waals surface area (Å²) in [7, 11) is -3.83. The summed E-state index contributed by atoms with van der Waals surface area (Å²) in [5, 5.41) is 2.76. The first-order chi connectivity index (χ1) is 14.4. The van der Waals surface area contributed by atoms with Crippen LogP contribution in [0.2, 0.25) is 0 Å². The van der Waals surface area contributed by atoms with Crippen LogP contribution in [0.25, 0.3) is 0 Å². The van der Waals surface area contributed by atoms with Crippen molar-refractivity contribution in [1.82, 2.24) is 10.3 Å². The fraction of sp³-hybridized carbons (Fsp3) is 0.143. The van der Waals surface area contributed by atoms with Crippen molar-refractivity contribution in [3.05, 3.63) is 78.2 Å². The zero-order valence-corrected chi connectivity index (χ0v) is 16.9. The lowest BCUT2D eigenvalue weighted by atomic mass is 10.2. The standard InChI is InChI=1S/C21H20FN3O4S/c1-2-13-23-21(26)15-3-12-20(24-14-15)29-18-8-6-17(7-9-18)25-30(27,28)19-10-4-16(22)5-11-19/h3-12,14,25H,2,13H2,1H3,(H,23,26). The molecule has 0 spiro atoms. The summed E-state index contributed by atoms with van der Waals surface area (Å²) in [4.78, 5) is 15.9. The summed E-state index contributed by atoms with van der Waals surface area (Å²) in [6, 6.07) is 13.9. The smallest absolute Gasteiger partial charge is 0.261 e. The highest BCUT2D eigenvalue weighted by molar-refractivity contribution is 7.92. The Morgan fingerprint density at radius 1 is 1.03 bits per heavy atom. The van der Waals surface area contributed by atoms with Gasteiger partial charge in [-0.1, -0.05) is 6.92 Å². The van der Waals surface area contributed by atoms with Crippen LogP contribution in [0, 0.1) is 5.82 Å². The van der Waals surface area contributed by atoms with Gasteiger partial charge in [0.1, 0.15) is 11.6 Å². The average molecular weight is 429 g/mol. The molecule has 0 radical (unpaired) electrons. The molecule has 2 aromatic carbocycles. The largest absolute Gasteiger partial charge is 0.439 e. The second-order valence-corrected chi connectivity index (χ2v) is 8.01. The molecule has 0 fully saturated rings. The number of ether oxygens (including phenoxy) is 1. The molecule has 7 nitrogen and oxygen atoms in total. The molecule has 3 rings (SSSR count). The zero-order chi connectivity index (χ0) is 21.6. The van der Waals surface area contributed by atoms with Gasteiger partial charge in [-0.25, -0.2) is 17.8 Å². The van der Waals surface area contributed by atoms with Crippen LogP contribution in [-0.4, -0.2) is 25.9 Å². The van der Waals surface area contributed by atoms with Crippen LogP contribution < -0.4 is 14.8 Å². The van der Waals surface area contributed by atoms with Gasteiger partial charge in [-0.3, -0.25) is 9.52 Å². The number of anilines is 1. The van der Waals surface area contributed by atoms with Crippen molar-refractivity contribution < 1.29 is 22.3 Å². The first-order valence-corrected chi connectivity index (χ1v) is 10.7. The van der Waals surface area contributed by atoms with E-state index >= 15 is 0 Å². The van der Waals surface area contributed by atoms with E-state index in [-0.39, 0.29) is 10.8 Å². The van der Waals surface area contributed by atoms with Crippen LogP contribution in [0.15, 0.2) is 71.8 Å². The molecule has 0 unspecified atom stereocenters. The number of hydrogen-bond acceptors (Lipinski definition) is 5. The maximum atomic E-state index is 13.0. The lowest BCUT2D eigenvalue weighted by molar-refractivity contribution is 0.0953. The van der Waals surface area contributed by atoms with Gasteiger partial charge in [0.25, 0.3) is 15.9 Å².